The van der Waals surface area contributed by atoms with Crippen molar-refractivity contribution in [2.45, 2.75) is 26.3 Å². The summed E-state index contributed by atoms with van der Waals surface area (Å²) in [5, 5.41) is 7.85. The van der Waals surface area contributed by atoms with Crippen LogP contribution in [0.5, 0.6) is 0 Å². The highest BCUT2D eigenvalue weighted by Crippen LogP contribution is 2.13. The fourth-order valence-electron chi connectivity index (χ4n) is 2.18. The van der Waals surface area contributed by atoms with Crippen molar-refractivity contribution in [1.82, 2.24) is 15.1 Å². The van der Waals surface area contributed by atoms with Gasteiger partial charge < -0.3 is 10.1 Å². The van der Waals surface area contributed by atoms with E-state index in [1.807, 2.05) is 11.7 Å². The Labute approximate surface area is 97.0 Å². The Balaban J connectivity index is 1.73. The first-order valence-corrected chi connectivity index (χ1v) is 6.03. The molecule has 1 aliphatic heterocycles. The molecule has 1 N–H and O–H groups in total. The Hall–Kier alpha value is -0.870. The molecule has 2 rings (SSSR count). The Morgan fingerprint density at radius 1 is 1.50 bits per heavy atom. The molecule has 0 atom stereocenters. The molecular weight excluding hydrogens is 202 g/mol. The van der Waals surface area contributed by atoms with E-state index in [4.69, 9.17) is 4.74 Å². The zero-order valence-corrected chi connectivity index (χ0v) is 10.2. The van der Waals surface area contributed by atoms with Crippen LogP contribution in [-0.4, -0.2) is 29.5 Å². The van der Waals surface area contributed by atoms with Crippen LogP contribution in [0.1, 0.15) is 24.1 Å². The van der Waals surface area contributed by atoms with Gasteiger partial charge >= 0.3 is 0 Å². The molecule has 0 bridgehead atoms. The number of aromatic nitrogens is 2. The average Bonchev–Trinajstić information content (AvgIpc) is 2.59. The molecular formula is C12H21N3O. The van der Waals surface area contributed by atoms with Gasteiger partial charge in [0.05, 0.1) is 5.69 Å². The maximum absolute atomic E-state index is 5.35. The topological polar surface area (TPSA) is 39.1 Å². The van der Waals surface area contributed by atoms with Gasteiger partial charge in [0, 0.05) is 38.6 Å². The molecule has 1 fully saturated rings. The molecule has 1 aromatic heterocycles. The maximum Gasteiger partial charge on any atom is 0.0638 e. The minimum atomic E-state index is 0.783. The van der Waals surface area contributed by atoms with E-state index in [9.17, 15) is 0 Å². The van der Waals surface area contributed by atoms with Gasteiger partial charge in [-0.05, 0) is 32.2 Å². The van der Waals surface area contributed by atoms with Crippen molar-refractivity contribution in [3.8, 4) is 0 Å². The molecule has 0 aliphatic carbocycles. The van der Waals surface area contributed by atoms with Crippen molar-refractivity contribution in [2.75, 3.05) is 19.8 Å². The highest BCUT2D eigenvalue weighted by atomic mass is 16.5. The maximum atomic E-state index is 5.35. The quantitative estimate of drug-likeness (QED) is 0.835. The first-order valence-electron chi connectivity index (χ1n) is 6.03. The summed E-state index contributed by atoms with van der Waals surface area (Å²) >= 11 is 0. The van der Waals surface area contributed by atoms with Crippen molar-refractivity contribution < 1.29 is 4.74 Å². The summed E-state index contributed by atoms with van der Waals surface area (Å²) in [6, 6.07) is 0. The molecule has 1 aromatic rings. The molecule has 90 valence electrons. The van der Waals surface area contributed by atoms with Gasteiger partial charge in [-0.1, -0.05) is 0 Å². The van der Waals surface area contributed by atoms with Crippen LogP contribution in [0.2, 0.25) is 0 Å². The summed E-state index contributed by atoms with van der Waals surface area (Å²) in [5.74, 6) is 0.783. The molecule has 4 nitrogen and oxygen atoms in total. The van der Waals surface area contributed by atoms with Crippen molar-refractivity contribution >= 4 is 0 Å². The largest absolute Gasteiger partial charge is 0.381 e. The Morgan fingerprint density at radius 2 is 2.25 bits per heavy atom. The molecule has 0 aromatic carbocycles. The van der Waals surface area contributed by atoms with Gasteiger partial charge in [-0.2, -0.15) is 5.10 Å². The van der Waals surface area contributed by atoms with E-state index in [1.165, 1.54) is 18.4 Å². The van der Waals surface area contributed by atoms with Gasteiger partial charge in [0.2, 0.25) is 0 Å². The number of nitrogens with zero attached hydrogens (tertiary/aromatic N) is 2. The van der Waals surface area contributed by atoms with Crippen molar-refractivity contribution in [1.29, 1.82) is 0 Å². The van der Waals surface area contributed by atoms with Gasteiger partial charge in [0.25, 0.3) is 0 Å². The normalized spacial score (nSPS) is 17.9. The molecule has 16 heavy (non-hydrogen) atoms. The van der Waals surface area contributed by atoms with E-state index in [1.54, 1.807) is 0 Å². The predicted molar refractivity (Wildman–Crippen MR) is 63.2 cm³/mol. The third-order valence-corrected chi connectivity index (χ3v) is 3.20. The van der Waals surface area contributed by atoms with E-state index >= 15 is 0 Å². The lowest BCUT2D eigenvalue weighted by molar-refractivity contribution is 0.0662. The third-order valence-electron chi connectivity index (χ3n) is 3.20. The molecule has 0 amide bonds. The van der Waals surface area contributed by atoms with Crippen LogP contribution in [-0.2, 0) is 18.3 Å². The van der Waals surface area contributed by atoms with Gasteiger partial charge in [0.15, 0.2) is 0 Å². The Kier molecular flexibility index (Phi) is 3.96. The van der Waals surface area contributed by atoms with Crippen LogP contribution in [0, 0.1) is 12.8 Å². The summed E-state index contributed by atoms with van der Waals surface area (Å²) in [7, 11) is 1.97. The van der Waals surface area contributed by atoms with Crippen molar-refractivity contribution in [3.63, 3.8) is 0 Å². The van der Waals surface area contributed by atoms with Crippen LogP contribution < -0.4 is 5.32 Å². The van der Waals surface area contributed by atoms with E-state index in [-0.39, 0.29) is 0 Å². The Morgan fingerprint density at radius 3 is 2.88 bits per heavy atom. The smallest absolute Gasteiger partial charge is 0.0638 e. The first-order chi connectivity index (χ1) is 7.75. The fraction of sp³-hybridized carbons (Fsp3) is 0.750. The molecule has 0 radical (unpaired) electrons. The lowest BCUT2D eigenvalue weighted by atomic mass is 10.0. The molecule has 0 unspecified atom stereocenters. The second-order valence-electron chi connectivity index (χ2n) is 4.60. The second-order valence-corrected chi connectivity index (χ2v) is 4.60. The van der Waals surface area contributed by atoms with Crippen molar-refractivity contribution in [3.05, 3.63) is 17.5 Å². The van der Waals surface area contributed by atoms with Crippen molar-refractivity contribution in [2.24, 2.45) is 13.0 Å². The van der Waals surface area contributed by atoms with E-state index in [2.05, 4.69) is 23.5 Å². The van der Waals surface area contributed by atoms with Gasteiger partial charge in [-0.3, -0.25) is 4.68 Å². The SMILES string of the molecule is Cc1nn(C)cc1CNCC1CCOCC1. The molecule has 2 heterocycles. The molecule has 0 spiro atoms. The number of aryl methyl sites for hydroxylation is 2. The minimum Gasteiger partial charge on any atom is -0.381 e. The molecule has 1 saturated heterocycles. The van der Waals surface area contributed by atoms with Gasteiger partial charge in [-0.15, -0.1) is 0 Å². The molecule has 0 saturated carbocycles. The Bertz CT molecular complexity index is 329. The minimum absolute atomic E-state index is 0.783. The lowest BCUT2D eigenvalue weighted by Crippen LogP contribution is -2.27. The number of hydrogen-bond acceptors (Lipinski definition) is 3. The number of rotatable bonds is 4. The van der Waals surface area contributed by atoms with Crippen LogP contribution in [0.15, 0.2) is 6.20 Å². The third kappa shape index (κ3) is 3.06. The van der Waals surface area contributed by atoms with Crippen LogP contribution in [0.3, 0.4) is 0 Å². The van der Waals surface area contributed by atoms with E-state index in [0.29, 0.717) is 0 Å². The zero-order valence-electron chi connectivity index (χ0n) is 10.2. The monoisotopic (exact) mass is 223 g/mol. The number of ether oxygens (including phenoxy) is 1. The van der Waals surface area contributed by atoms with Gasteiger partial charge in [0.1, 0.15) is 0 Å². The average molecular weight is 223 g/mol. The lowest BCUT2D eigenvalue weighted by Gasteiger charge is -2.22. The zero-order chi connectivity index (χ0) is 11.4. The molecule has 4 heteroatoms. The van der Waals surface area contributed by atoms with E-state index < -0.39 is 0 Å². The van der Waals surface area contributed by atoms with E-state index in [0.717, 1.165) is 37.9 Å². The number of hydrogen-bond donors (Lipinski definition) is 1. The van der Waals surface area contributed by atoms with Crippen LogP contribution >= 0.6 is 0 Å². The highest BCUT2D eigenvalue weighted by Gasteiger charge is 2.13. The summed E-state index contributed by atoms with van der Waals surface area (Å²) in [4.78, 5) is 0. The number of nitrogens with one attached hydrogen (secondary N) is 1. The first kappa shape index (κ1) is 11.6. The summed E-state index contributed by atoms with van der Waals surface area (Å²) in [6.45, 7) is 5.94. The summed E-state index contributed by atoms with van der Waals surface area (Å²) in [6.07, 6.45) is 4.48. The predicted octanol–water partition coefficient (Wildman–Crippen LogP) is 1.24. The standard InChI is InChI=1S/C12H21N3O/c1-10-12(9-15(2)14-10)8-13-7-11-3-5-16-6-4-11/h9,11,13H,3-8H2,1-2H3. The summed E-state index contributed by atoms with van der Waals surface area (Å²) < 4.78 is 7.22. The van der Waals surface area contributed by atoms with Crippen LogP contribution in [0.25, 0.3) is 0 Å². The fourth-order valence-corrected chi connectivity index (χ4v) is 2.18. The second kappa shape index (κ2) is 5.46. The molecule has 1 aliphatic rings. The van der Waals surface area contributed by atoms with Crippen LogP contribution in [0.4, 0.5) is 0 Å². The van der Waals surface area contributed by atoms with Gasteiger partial charge in [-0.25, -0.2) is 0 Å². The summed E-state index contributed by atoms with van der Waals surface area (Å²) in [5.41, 5.74) is 2.43. The highest BCUT2D eigenvalue weighted by molar-refractivity contribution is 5.14.